The van der Waals surface area contributed by atoms with Gasteiger partial charge >= 0.3 is 0 Å². The smallest absolute Gasteiger partial charge is 0.251 e. The minimum atomic E-state index is -0.100. The normalized spacial score (nSPS) is 15.1. The van der Waals surface area contributed by atoms with Crippen molar-refractivity contribution in [2.45, 2.75) is 33.7 Å². The highest BCUT2D eigenvalue weighted by Crippen LogP contribution is 2.25. The van der Waals surface area contributed by atoms with Gasteiger partial charge in [-0.15, -0.1) is 0 Å². The summed E-state index contributed by atoms with van der Waals surface area (Å²) >= 11 is 0. The first-order valence-corrected chi connectivity index (χ1v) is 9.52. The Morgan fingerprint density at radius 2 is 1.96 bits per heavy atom. The van der Waals surface area contributed by atoms with E-state index in [1.807, 2.05) is 6.07 Å². The number of hydrogen-bond donors (Lipinski definition) is 1. The SMILES string of the molecule is Cc1nc(CN2CCN(c3cc(CC(C)C)ccc3C#N)CC2)cc(=O)[nH]1. The number of anilines is 1. The van der Waals surface area contributed by atoms with Crippen LogP contribution < -0.4 is 10.5 Å². The zero-order valence-corrected chi connectivity index (χ0v) is 16.3. The van der Waals surface area contributed by atoms with Gasteiger partial charge in [-0.2, -0.15) is 5.26 Å². The van der Waals surface area contributed by atoms with Crippen LogP contribution >= 0.6 is 0 Å². The van der Waals surface area contributed by atoms with Crippen molar-refractivity contribution in [3.05, 3.63) is 57.3 Å². The molecule has 1 saturated heterocycles. The lowest BCUT2D eigenvalue weighted by Gasteiger charge is -2.36. The summed E-state index contributed by atoms with van der Waals surface area (Å²) in [7, 11) is 0. The Hall–Kier alpha value is -2.65. The van der Waals surface area contributed by atoms with E-state index in [2.05, 4.69) is 51.8 Å². The fourth-order valence-electron chi connectivity index (χ4n) is 3.63. The van der Waals surface area contributed by atoms with Crippen molar-refractivity contribution in [1.29, 1.82) is 5.26 Å². The summed E-state index contributed by atoms with van der Waals surface area (Å²) < 4.78 is 0. The molecule has 0 bridgehead atoms. The van der Waals surface area contributed by atoms with Gasteiger partial charge in [0.15, 0.2) is 0 Å². The minimum Gasteiger partial charge on any atom is -0.368 e. The molecule has 0 unspecified atom stereocenters. The molecule has 1 N–H and O–H groups in total. The number of aromatic amines is 1. The second kappa shape index (κ2) is 8.36. The van der Waals surface area contributed by atoms with E-state index in [0.29, 0.717) is 18.3 Å². The third kappa shape index (κ3) is 4.95. The average molecular weight is 365 g/mol. The first-order chi connectivity index (χ1) is 12.9. The highest BCUT2D eigenvalue weighted by Gasteiger charge is 2.20. The molecule has 1 aromatic heterocycles. The molecule has 27 heavy (non-hydrogen) atoms. The Kier molecular flexibility index (Phi) is 5.92. The van der Waals surface area contributed by atoms with Crippen molar-refractivity contribution < 1.29 is 0 Å². The first kappa shape index (κ1) is 19.1. The van der Waals surface area contributed by atoms with E-state index in [4.69, 9.17) is 0 Å². The largest absolute Gasteiger partial charge is 0.368 e. The van der Waals surface area contributed by atoms with Gasteiger partial charge in [-0.25, -0.2) is 4.98 Å². The van der Waals surface area contributed by atoms with E-state index in [1.165, 1.54) is 5.56 Å². The third-order valence-corrected chi connectivity index (χ3v) is 4.84. The topological polar surface area (TPSA) is 76.0 Å². The predicted octanol–water partition coefficient (Wildman–Crippen LogP) is 2.47. The van der Waals surface area contributed by atoms with Crippen LogP contribution in [0.15, 0.2) is 29.1 Å². The van der Waals surface area contributed by atoms with Crippen molar-refractivity contribution >= 4 is 5.69 Å². The summed E-state index contributed by atoms with van der Waals surface area (Å²) in [4.78, 5) is 23.3. The minimum absolute atomic E-state index is 0.100. The van der Waals surface area contributed by atoms with E-state index in [1.54, 1.807) is 13.0 Å². The van der Waals surface area contributed by atoms with Gasteiger partial charge in [0.25, 0.3) is 5.56 Å². The van der Waals surface area contributed by atoms with Crippen LogP contribution in [0.2, 0.25) is 0 Å². The lowest BCUT2D eigenvalue weighted by molar-refractivity contribution is 0.246. The predicted molar refractivity (Wildman–Crippen MR) is 107 cm³/mol. The maximum Gasteiger partial charge on any atom is 0.251 e. The van der Waals surface area contributed by atoms with Gasteiger partial charge in [0.05, 0.1) is 16.9 Å². The Morgan fingerprint density at radius 3 is 2.59 bits per heavy atom. The Bertz CT molecular complexity index is 888. The standard InChI is InChI=1S/C21H27N5O/c1-15(2)10-17-4-5-18(13-22)20(11-17)26-8-6-25(7-9-26)14-19-12-21(27)24-16(3)23-19/h4-5,11-12,15H,6-10,14H2,1-3H3,(H,23,24,27). The number of nitrogens with zero attached hydrogens (tertiary/aromatic N) is 4. The lowest BCUT2D eigenvalue weighted by Crippen LogP contribution is -2.46. The number of benzene rings is 1. The molecule has 0 aliphatic carbocycles. The van der Waals surface area contributed by atoms with E-state index < -0.39 is 0 Å². The molecule has 0 amide bonds. The van der Waals surface area contributed by atoms with E-state index >= 15 is 0 Å². The molecule has 1 fully saturated rings. The summed E-state index contributed by atoms with van der Waals surface area (Å²) in [6.07, 6.45) is 1.02. The molecule has 6 nitrogen and oxygen atoms in total. The monoisotopic (exact) mass is 365 g/mol. The van der Waals surface area contributed by atoms with Crippen molar-refractivity contribution in [3.63, 3.8) is 0 Å². The Morgan fingerprint density at radius 1 is 1.22 bits per heavy atom. The lowest BCUT2D eigenvalue weighted by atomic mass is 10.00. The van der Waals surface area contributed by atoms with Crippen molar-refractivity contribution in [1.82, 2.24) is 14.9 Å². The number of piperazine rings is 1. The molecule has 0 radical (unpaired) electrons. The van der Waals surface area contributed by atoms with E-state index in [-0.39, 0.29) is 5.56 Å². The molecule has 3 rings (SSSR count). The second-order valence-corrected chi connectivity index (χ2v) is 7.65. The maximum atomic E-state index is 11.6. The quantitative estimate of drug-likeness (QED) is 0.881. The molecule has 0 spiro atoms. The number of aryl methyl sites for hydroxylation is 1. The van der Waals surface area contributed by atoms with Gasteiger partial charge in [-0.1, -0.05) is 19.9 Å². The highest BCUT2D eigenvalue weighted by atomic mass is 16.1. The molecule has 2 aromatic rings. The number of nitrogens with one attached hydrogen (secondary N) is 1. The molecule has 1 aliphatic heterocycles. The molecule has 0 saturated carbocycles. The van der Waals surface area contributed by atoms with Crippen LogP contribution in [0.5, 0.6) is 0 Å². The van der Waals surface area contributed by atoms with Crippen molar-refractivity contribution in [2.24, 2.45) is 5.92 Å². The number of rotatable bonds is 5. The molecular weight excluding hydrogens is 338 g/mol. The summed E-state index contributed by atoms with van der Waals surface area (Å²) in [5, 5.41) is 9.49. The van der Waals surface area contributed by atoms with Crippen LogP contribution in [-0.2, 0) is 13.0 Å². The van der Waals surface area contributed by atoms with Crippen LogP contribution in [0.1, 0.15) is 36.5 Å². The molecular formula is C21H27N5O. The fourth-order valence-corrected chi connectivity index (χ4v) is 3.63. The molecule has 142 valence electrons. The van der Waals surface area contributed by atoms with Crippen LogP contribution in [0, 0.1) is 24.2 Å². The van der Waals surface area contributed by atoms with Crippen molar-refractivity contribution in [3.8, 4) is 6.07 Å². The molecule has 1 aromatic carbocycles. The van der Waals surface area contributed by atoms with Crippen LogP contribution in [-0.4, -0.2) is 41.0 Å². The summed E-state index contributed by atoms with van der Waals surface area (Å²) in [6, 6.07) is 10.1. The summed E-state index contributed by atoms with van der Waals surface area (Å²) in [5.41, 5.74) is 3.77. The number of H-pyrrole nitrogens is 1. The van der Waals surface area contributed by atoms with Crippen LogP contribution in [0.4, 0.5) is 5.69 Å². The zero-order chi connectivity index (χ0) is 19.4. The second-order valence-electron chi connectivity index (χ2n) is 7.65. The van der Waals surface area contributed by atoms with E-state index in [0.717, 1.165) is 49.5 Å². The van der Waals surface area contributed by atoms with Crippen LogP contribution in [0.25, 0.3) is 0 Å². The number of hydrogen-bond acceptors (Lipinski definition) is 5. The van der Waals surface area contributed by atoms with E-state index in [9.17, 15) is 10.1 Å². The van der Waals surface area contributed by atoms with Gasteiger partial charge in [0, 0.05) is 38.8 Å². The van der Waals surface area contributed by atoms with Crippen molar-refractivity contribution in [2.75, 3.05) is 31.1 Å². The highest BCUT2D eigenvalue weighted by molar-refractivity contribution is 5.61. The Labute approximate surface area is 160 Å². The summed E-state index contributed by atoms with van der Waals surface area (Å²) in [6.45, 7) is 10.4. The average Bonchev–Trinajstić information content (AvgIpc) is 2.61. The van der Waals surface area contributed by atoms with Gasteiger partial charge in [0.2, 0.25) is 0 Å². The van der Waals surface area contributed by atoms with Crippen LogP contribution in [0.3, 0.4) is 0 Å². The number of nitriles is 1. The first-order valence-electron chi connectivity index (χ1n) is 9.52. The van der Waals surface area contributed by atoms with Gasteiger partial charge < -0.3 is 9.88 Å². The van der Waals surface area contributed by atoms with Gasteiger partial charge in [-0.3, -0.25) is 9.69 Å². The Balaban J connectivity index is 1.68. The van der Waals surface area contributed by atoms with Gasteiger partial charge in [-0.05, 0) is 37.0 Å². The summed E-state index contributed by atoms with van der Waals surface area (Å²) in [5.74, 6) is 1.24. The third-order valence-electron chi connectivity index (χ3n) is 4.84. The zero-order valence-electron chi connectivity index (χ0n) is 16.3. The molecule has 0 atom stereocenters. The molecule has 1 aliphatic rings. The van der Waals surface area contributed by atoms with Gasteiger partial charge in [0.1, 0.15) is 11.9 Å². The number of aromatic nitrogens is 2. The molecule has 2 heterocycles. The fraction of sp³-hybridized carbons (Fsp3) is 0.476. The molecule has 6 heteroatoms. The maximum absolute atomic E-state index is 11.6.